The lowest BCUT2D eigenvalue weighted by molar-refractivity contribution is -0.127. The van der Waals surface area contributed by atoms with Crippen LogP contribution in [0.15, 0.2) is 36.7 Å². The Hall–Kier alpha value is -3.00. The summed E-state index contributed by atoms with van der Waals surface area (Å²) in [5.74, 6) is 0.420. The smallest absolute Gasteiger partial charge is 0.226 e. The molecule has 0 saturated carbocycles. The van der Waals surface area contributed by atoms with Gasteiger partial charge in [0.2, 0.25) is 5.91 Å². The largest absolute Gasteiger partial charge is 0.373 e. The summed E-state index contributed by atoms with van der Waals surface area (Å²) in [4.78, 5) is 13.1. The molecule has 4 rings (SSSR count). The van der Waals surface area contributed by atoms with Crippen LogP contribution in [0.1, 0.15) is 48.3 Å². The average Bonchev–Trinajstić information content (AvgIpc) is 3.41. The van der Waals surface area contributed by atoms with Crippen LogP contribution < -0.4 is 5.32 Å². The minimum absolute atomic E-state index is 0.0331. The lowest BCUT2D eigenvalue weighted by Crippen LogP contribution is -2.35. The van der Waals surface area contributed by atoms with Crippen LogP contribution >= 0.6 is 0 Å². The highest BCUT2D eigenvalue weighted by Crippen LogP contribution is 2.38. The summed E-state index contributed by atoms with van der Waals surface area (Å²) in [7, 11) is 1.87. The summed E-state index contributed by atoms with van der Waals surface area (Å²) in [5, 5.41) is 15.8. The Morgan fingerprint density at radius 1 is 1.28 bits per heavy atom. The second kappa shape index (κ2) is 7.79. The van der Waals surface area contributed by atoms with Gasteiger partial charge in [-0.15, -0.1) is 10.2 Å². The lowest BCUT2D eigenvalue weighted by Gasteiger charge is -2.21. The number of benzene rings is 1. The van der Waals surface area contributed by atoms with Crippen LogP contribution in [0.25, 0.3) is 5.69 Å². The van der Waals surface area contributed by atoms with Crippen LogP contribution in [0.2, 0.25) is 0 Å². The van der Waals surface area contributed by atoms with Crippen molar-refractivity contribution in [3.05, 3.63) is 59.4 Å². The van der Waals surface area contributed by atoms with E-state index in [1.807, 2.05) is 67.4 Å². The molecule has 0 radical (unpaired) electrons. The molecule has 2 aromatic heterocycles. The molecule has 0 unspecified atom stereocenters. The van der Waals surface area contributed by atoms with Crippen molar-refractivity contribution in [2.24, 2.45) is 13.0 Å². The molecule has 3 aromatic rings. The Bertz CT molecular complexity index is 1010. The van der Waals surface area contributed by atoms with Gasteiger partial charge in [0.15, 0.2) is 5.82 Å². The van der Waals surface area contributed by atoms with E-state index in [0.29, 0.717) is 13.0 Å². The first-order valence-corrected chi connectivity index (χ1v) is 9.84. The predicted octanol–water partition coefficient (Wildman–Crippen LogP) is 2.57. The van der Waals surface area contributed by atoms with E-state index in [1.165, 1.54) is 0 Å². The number of carbonyl (C=O) groups excluding carboxylic acids is 1. The van der Waals surface area contributed by atoms with Gasteiger partial charge in [-0.05, 0) is 39.3 Å². The first-order chi connectivity index (χ1) is 14.0. The van der Waals surface area contributed by atoms with Crippen molar-refractivity contribution in [2.45, 2.75) is 39.3 Å². The van der Waals surface area contributed by atoms with Crippen LogP contribution in [-0.4, -0.2) is 37.1 Å². The van der Waals surface area contributed by atoms with Gasteiger partial charge in [0.05, 0.1) is 29.4 Å². The zero-order valence-corrected chi connectivity index (χ0v) is 17.2. The number of hydrogen-bond acceptors (Lipinski definition) is 5. The molecule has 0 bridgehead atoms. The van der Waals surface area contributed by atoms with Crippen LogP contribution in [0.5, 0.6) is 0 Å². The Kier molecular flexibility index (Phi) is 5.19. The molecule has 3 heterocycles. The molecule has 1 aromatic carbocycles. The number of carbonyl (C=O) groups is 1. The third kappa shape index (κ3) is 3.55. The Morgan fingerprint density at radius 3 is 2.72 bits per heavy atom. The molecule has 1 aliphatic heterocycles. The third-order valence-electron chi connectivity index (χ3n) is 5.55. The van der Waals surface area contributed by atoms with Gasteiger partial charge >= 0.3 is 0 Å². The summed E-state index contributed by atoms with van der Waals surface area (Å²) < 4.78 is 9.76. The van der Waals surface area contributed by atoms with Gasteiger partial charge in [-0.25, -0.2) is 4.68 Å². The molecule has 1 fully saturated rings. The lowest BCUT2D eigenvalue weighted by atomic mass is 9.93. The van der Waals surface area contributed by atoms with Crippen LogP contribution in [0, 0.1) is 19.8 Å². The van der Waals surface area contributed by atoms with E-state index in [9.17, 15) is 4.79 Å². The van der Waals surface area contributed by atoms with Crippen molar-refractivity contribution in [3.63, 3.8) is 0 Å². The van der Waals surface area contributed by atoms with E-state index >= 15 is 0 Å². The van der Waals surface area contributed by atoms with E-state index in [-0.39, 0.29) is 24.0 Å². The quantitative estimate of drug-likeness (QED) is 0.719. The highest BCUT2D eigenvalue weighted by Gasteiger charge is 2.39. The minimum atomic E-state index is -0.306. The number of para-hydroxylation sites is 1. The standard InChI is InChI=1S/C21H26N6O2/c1-13-18(15(3)27(25-13)16-8-6-5-7-9-16)19-17(10-11-29-19)21(28)23-14(2)20-24-22-12-26(20)4/h5-9,12,14,17,19H,10-11H2,1-4H3,(H,23,28)/t14-,17+,19+/m1/s1. The van der Waals surface area contributed by atoms with Crippen molar-refractivity contribution in [2.75, 3.05) is 6.61 Å². The number of hydrogen-bond donors (Lipinski definition) is 1. The van der Waals surface area contributed by atoms with Gasteiger partial charge in [0.1, 0.15) is 6.33 Å². The fourth-order valence-electron chi connectivity index (χ4n) is 4.10. The molecule has 8 heteroatoms. The number of amides is 1. The number of nitrogens with zero attached hydrogens (tertiary/aromatic N) is 5. The van der Waals surface area contributed by atoms with Crippen LogP contribution in [-0.2, 0) is 16.6 Å². The molecule has 1 amide bonds. The second-order valence-corrected chi connectivity index (χ2v) is 7.55. The van der Waals surface area contributed by atoms with E-state index < -0.39 is 0 Å². The average molecular weight is 394 g/mol. The molecule has 152 valence electrons. The summed E-state index contributed by atoms with van der Waals surface area (Å²) in [6.07, 6.45) is 2.00. The maximum atomic E-state index is 13.1. The van der Waals surface area contributed by atoms with Gasteiger partial charge in [-0.1, -0.05) is 18.2 Å². The number of aromatic nitrogens is 5. The highest BCUT2D eigenvalue weighted by molar-refractivity contribution is 5.80. The minimum Gasteiger partial charge on any atom is -0.373 e. The molecule has 1 N–H and O–H groups in total. The van der Waals surface area contributed by atoms with E-state index in [2.05, 4.69) is 15.5 Å². The molecule has 0 aliphatic carbocycles. The zero-order chi connectivity index (χ0) is 20.5. The fraction of sp³-hybridized carbons (Fsp3) is 0.429. The molecular formula is C21H26N6O2. The molecule has 3 atom stereocenters. The summed E-state index contributed by atoms with van der Waals surface area (Å²) >= 11 is 0. The Balaban J connectivity index is 1.58. The van der Waals surface area contributed by atoms with Crippen LogP contribution in [0.3, 0.4) is 0 Å². The van der Waals surface area contributed by atoms with Gasteiger partial charge in [-0.3, -0.25) is 4.79 Å². The summed E-state index contributed by atoms with van der Waals surface area (Å²) in [6, 6.07) is 9.76. The first kappa shape index (κ1) is 19.3. The summed E-state index contributed by atoms with van der Waals surface area (Å²) in [5.41, 5.74) is 3.88. The molecule has 1 saturated heterocycles. The fourth-order valence-corrected chi connectivity index (χ4v) is 4.10. The van der Waals surface area contributed by atoms with Gasteiger partial charge < -0.3 is 14.6 Å². The molecule has 0 spiro atoms. The number of nitrogens with one attached hydrogen (secondary N) is 1. The van der Waals surface area contributed by atoms with Gasteiger partial charge in [0.25, 0.3) is 0 Å². The summed E-state index contributed by atoms with van der Waals surface area (Å²) in [6.45, 7) is 6.47. The van der Waals surface area contributed by atoms with Crippen molar-refractivity contribution in [3.8, 4) is 5.69 Å². The SMILES string of the molecule is Cc1nn(-c2ccccc2)c(C)c1[C@H]1OCC[C@@H]1C(=O)N[C@H](C)c1nncn1C. The number of ether oxygens (including phenoxy) is 1. The zero-order valence-electron chi connectivity index (χ0n) is 17.2. The first-order valence-electron chi connectivity index (χ1n) is 9.84. The number of rotatable bonds is 5. The normalized spacial score (nSPS) is 20.0. The molecule has 8 nitrogen and oxygen atoms in total. The molecular weight excluding hydrogens is 368 g/mol. The third-order valence-corrected chi connectivity index (χ3v) is 5.55. The Morgan fingerprint density at radius 2 is 2.03 bits per heavy atom. The predicted molar refractivity (Wildman–Crippen MR) is 107 cm³/mol. The van der Waals surface area contributed by atoms with E-state index in [0.717, 1.165) is 28.5 Å². The van der Waals surface area contributed by atoms with Crippen molar-refractivity contribution < 1.29 is 9.53 Å². The van der Waals surface area contributed by atoms with E-state index in [1.54, 1.807) is 6.33 Å². The maximum Gasteiger partial charge on any atom is 0.226 e. The van der Waals surface area contributed by atoms with E-state index in [4.69, 9.17) is 9.84 Å². The second-order valence-electron chi connectivity index (χ2n) is 7.55. The van der Waals surface area contributed by atoms with Gasteiger partial charge in [-0.2, -0.15) is 5.10 Å². The highest BCUT2D eigenvalue weighted by atomic mass is 16.5. The molecule has 1 aliphatic rings. The topological polar surface area (TPSA) is 86.9 Å². The maximum absolute atomic E-state index is 13.1. The monoisotopic (exact) mass is 394 g/mol. The van der Waals surface area contributed by atoms with Gasteiger partial charge in [0, 0.05) is 24.9 Å². The van der Waals surface area contributed by atoms with Crippen molar-refractivity contribution >= 4 is 5.91 Å². The van der Waals surface area contributed by atoms with Crippen LogP contribution in [0.4, 0.5) is 0 Å². The number of aryl methyl sites for hydroxylation is 2. The molecule has 29 heavy (non-hydrogen) atoms. The van der Waals surface area contributed by atoms with Crippen molar-refractivity contribution in [1.82, 2.24) is 29.9 Å². The Labute approximate surface area is 169 Å². The van der Waals surface area contributed by atoms with Crippen molar-refractivity contribution in [1.29, 1.82) is 0 Å².